The van der Waals surface area contributed by atoms with Crippen molar-refractivity contribution in [1.82, 2.24) is 9.88 Å². The highest BCUT2D eigenvalue weighted by Crippen LogP contribution is 2.38. The van der Waals surface area contributed by atoms with Crippen LogP contribution in [-0.2, 0) is 36.0 Å². The first-order valence-corrected chi connectivity index (χ1v) is 11.0. The summed E-state index contributed by atoms with van der Waals surface area (Å²) in [7, 11) is 1.91. The molecule has 0 fully saturated rings. The Hall–Kier alpha value is -3.77. The van der Waals surface area contributed by atoms with Crippen LogP contribution in [0.4, 0.5) is 9.80 Å². The fourth-order valence-electron chi connectivity index (χ4n) is 3.60. The number of hydrogen-bond acceptors (Lipinski definition) is 6. The Balaban J connectivity index is 1.36. The molecule has 1 aliphatic carbocycles. The molecule has 3 heterocycles. The monoisotopic (exact) mass is 450 g/mol. The van der Waals surface area contributed by atoms with Gasteiger partial charge in [-0.25, -0.2) is 4.79 Å². The molecule has 3 aromatic heterocycles. The summed E-state index contributed by atoms with van der Waals surface area (Å²) in [6.07, 6.45) is 7.39. The lowest BCUT2D eigenvalue weighted by Crippen LogP contribution is -2.32. The zero-order valence-electron chi connectivity index (χ0n) is 17.5. The average Bonchev–Trinajstić information content (AvgIpc) is 3.50. The maximum Gasteiger partial charge on any atom is 0.407 e. The zero-order valence-corrected chi connectivity index (χ0v) is 18.3. The Kier molecular flexibility index (Phi) is 6.42. The second kappa shape index (κ2) is 9.58. The molecule has 9 heteroatoms. The first-order chi connectivity index (χ1) is 15.5. The Morgan fingerprint density at radius 3 is 3.00 bits per heavy atom. The van der Waals surface area contributed by atoms with E-state index in [1.54, 1.807) is 18.2 Å². The molecule has 3 aromatic rings. The fourth-order valence-corrected chi connectivity index (χ4v) is 4.86. The minimum atomic E-state index is -0.465. The molecule has 0 spiro atoms. The summed E-state index contributed by atoms with van der Waals surface area (Å²) in [4.78, 5) is 25.4. The number of furan rings is 1. The van der Waals surface area contributed by atoms with Crippen LogP contribution in [0.2, 0.25) is 0 Å². The summed E-state index contributed by atoms with van der Waals surface area (Å²) >= 11 is 1.36. The molecule has 2 amide bonds. The summed E-state index contributed by atoms with van der Waals surface area (Å²) in [6.45, 7) is 0.388. The Bertz CT molecular complexity index is 1180. The van der Waals surface area contributed by atoms with E-state index in [4.69, 9.17) is 9.15 Å². The number of nitriles is 1. The summed E-state index contributed by atoms with van der Waals surface area (Å²) in [5.41, 5.74) is 2.38. The number of nitrogens with one attached hydrogen (secondary N) is 2. The summed E-state index contributed by atoms with van der Waals surface area (Å²) in [5.74, 6) is 0.223. The molecule has 1 atom stereocenters. The van der Waals surface area contributed by atoms with Gasteiger partial charge >= 0.3 is 6.09 Å². The number of fused-ring (bicyclic) bond motifs is 1. The van der Waals surface area contributed by atoms with E-state index in [9.17, 15) is 14.9 Å². The SMILES string of the molecule is Cn1cccc1CNC(=O)OC1CCc2c(sc(NC(=O)/C=C/c3ccco3)c2C#N)C1. The molecule has 4 rings (SSSR count). The molecule has 0 saturated heterocycles. The van der Waals surface area contributed by atoms with Crippen molar-refractivity contribution in [3.05, 3.63) is 70.3 Å². The molecule has 1 aliphatic rings. The number of nitrogens with zero attached hydrogens (tertiary/aromatic N) is 2. The molecule has 0 radical (unpaired) electrons. The van der Waals surface area contributed by atoms with Gasteiger partial charge in [-0.1, -0.05) is 0 Å². The third kappa shape index (κ3) is 4.92. The van der Waals surface area contributed by atoms with Gasteiger partial charge in [0.1, 0.15) is 22.9 Å². The van der Waals surface area contributed by atoms with E-state index in [0.717, 1.165) is 16.1 Å². The highest BCUT2D eigenvalue weighted by molar-refractivity contribution is 7.16. The number of alkyl carbamates (subject to hydrolysis) is 1. The van der Waals surface area contributed by atoms with Crippen molar-refractivity contribution < 1.29 is 18.7 Å². The number of hydrogen-bond donors (Lipinski definition) is 2. The topological polar surface area (TPSA) is 109 Å². The van der Waals surface area contributed by atoms with Crippen LogP contribution in [0.25, 0.3) is 6.08 Å². The Morgan fingerprint density at radius 1 is 1.41 bits per heavy atom. The highest BCUT2D eigenvalue weighted by Gasteiger charge is 2.28. The summed E-state index contributed by atoms with van der Waals surface area (Å²) < 4.78 is 12.7. The van der Waals surface area contributed by atoms with Crippen molar-refractivity contribution in [1.29, 1.82) is 5.26 Å². The van der Waals surface area contributed by atoms with Gasteiger partial charge in [0.2, 0.25) is 5.91 Å². The van der Waals surface area contributed by atoms with Crippen LogP contribution in [0, 0.1) is 11.3 Å². The fraction of sp³-hybridized carbons (Fsp3) is 0.261. The Morgan fingerprint density at radius 2 is 2.28 bits per heavy atom. The lowest BCUT2D eigenvalue weighted by atomic mass is 9.94. The molecular weight excluding hydrogens is 428 g/mol. The molecule has 2 N–H and O–H groups in total. The molecule has 0 saturated carbocycles. The van der Waals surface area contributed by atoms with Gasteiger partial charge in [0.15, 0.2) is 0 Å². The molecular formula is C23H22N4O4S. The van der Waals surface area contributed by atoms with E-state index in [2.05, 4.69) is 16.7 Å². The number of aromatic nitrogens is 1. The Labute approximate surface area is 189 Å². The quantitative estimate of drug-likeness (QED) is 0.552. The van der Waals surface area contributed by atoms with Crippen molar-refractivity contribution in [2.45, 2.75) is 31.9 Å². The lowest BCUT2D eigenvalue weighted by molar-refractivity contribution is -0.111. The molecule has 32 heavy (non-hydrogen) atoms. The van der Waals surface area contributed by atoms with Gasteiger partial charge < -0.3 is 24.4 Å². The van der Waals surface area contributed by atoms with Gasteiger partial charge in [-0.3, -0.25) is 4.79 Å². The second-order valence-electron chi connectivity index (χ2n) is 7.39. The van der Waals surface area contributed by atoms with Gasteiger partial charge in [-0.15, -0.1) is 11.3 Å². The average molecular weight is 451 g/mol. The van der Waals surface area contributed by atoms with Crippen LogP contribution >= 0.6 is 11.3 Å². The number of carbonyl (C=O) groups excluding carboxylic acids is 2. The third-order valence-electron chi connectivity index (χ3n) is 5.25. The van der Waals surface area contributed by atoms with Gasteiger partial charge in [-0.2, -0.15) is 5.26 Å². The zero-order chi connectivity index (χ0) is 22.5. The standard InChI is InChI=1S/C23H22N4O4S/c1-27-10-2-4-15(27)14-25-23(29)31-17-6-8-18-19(13-24)22(32-20(18)12-17)26-21(28)9-7-16-5-3-11-30-16/h2-5,7,9-11,17H,6,8,12,14H2,1H3,(H,25,29)(H,26,28)/b9-7+. The van der Waals surface area contributed by atoms with Gasteiger partial charge in [0.05, 0.1) is 18.4 Å². The minimum absolute atomic E-state index is 0.275. The normalized spacial score (nSPS) is 15.2. The molecule has 1 unspecified atom stereocenters. The van der Waals surface area contributed by atoms with Crippen LogP contribution in [-0.4, -0.2) is 22.7 Å². The van der Waals surface area contributed by atoms with Crippen molar-refractivity contribution in [2.24, 2.45) is 7.05 Å². The van der Waals surface area contributed by atoms with Gasteiger partial charge in [-0.05, 0) is 48.7 Å². The summed E-state index contributed by atoms with van der Waals surface area (Å²) in [5, 5.41) is 15.7. The number of amides is 2. The number of rotatable bonds is 6. The first kappa shape index (κ1) is 21.5. The van der Waals surface area contributed by atoms with Crippen molar-refractivity contribution in [2.75, 3.05) is 5.32 Å². The second-order valence-corrected chi connectivity index (χ2v) is 8.50. The summed E-state index contributed by atoms with van der Waals surface area (Å²) in [6, 6.07) is 9.53. The van der Waals surface area contributed by atoms with E-state index in [-0.39, 0.29) is 12.0 Å². The largest absolute Gasteiger partial charge is 0.465 e. The molecule has 0 aromatic carbocycles. The van der Waals surface area contributed by atoms with E-state index in [0.29, 0.717) is 42.1 Å². The highest BCUT2D eigenvalue weighted by atomic mass is 32.1. The third-order valence-corrected chi connectivity index (χ3v) is 6.42. The number of anilines is 1. The van der Waals surface area contributed by atoms with Gasteiger partial charge in [0, 0.05) is 36.3 Å². The number of thiophene rings is 1. The number of ether oxygens (including phenoxy) is 1. The van der Waals surface area contributed by atoms with Crippen molar-refractivity contribution >= 4 is 34.4 Å². The van der Waals surface area contributed by atoms with Crippen LogP contribution < -0.4 is 10.6 Å². The molecule has 0 bridgehead atoms. The first-order valence-electron chi connectivity index (χ1n) is 10.2. The van der Waals surface area contributed by atoms with Crippen molar-refractivity contribution in [3.8, 4) is 6.07 Å². The smallest absolute Gasteiger partial charge is 0.407 e. The molecule has 164 valence electrons. The molecule has 8 nitrogen and oxygen atoms in total. The lowest BCUT2D eigenvalue weighted by Gasteiger charge is -2.22. The van der Waals surface area contributed by atoms with Gasteiger partial charge in [0.25, 0.3) is 0 Å². The number of carbonyl (C=O) groups is 2. The van der Waals surface area contributed by atoms with Crippen molar-refractivity contribution in [3.63, 3.8) is 0 Å². The van der Waals surface area contributed by atoms with Crippen LogP contribution in [0.5, 0.6) is 0 Å². The molecule has 0 aliphatic heterocycles. The van der Waals surface area contributed by atoms with E-state index in [1.807, 2.05) is 29.9 Å². The number of aryl methyl sites for hydroxylation is 1. The minimum Gasteiger partial charge on any atom is -0.465 e. The maximum atomic E-state index is 12.3. The van der Waals surface area contributed by atoms with E-state index >= 15 is 0 Å². The predicted molar refractivity (Wildman–Crippen MR) is 120 cm³/mol. The predicted octanol–water partition coefficient (Wildman–Crippen LogP) is 3.99. The van der Waals surface area contributed by atoms with Crippen LogP contribution in [0.1, 0.15) is 33.9 Å². The van der Waals surface area contributed by atoms with E-state index in [1.165, 1.54) is 23.7 Å². The van der Waals surface area contributed by atoms with E-state index < -0.39 is 6.09 Å². The maximum absolute atomic E-state index is 12.3. The van der Waals surface area contributed by atoms with Crippen LogP contribution in [0.3, 0.4) is 0 Å². The van der Waals surface area contributed by atoms with Crippen LogP contribution in [0.15, 0.2) is 47.2 Å².